The minimum absolute atomic E-state index is 0.358. The Balaban J connectivity index is 1.28. The molecule has 7 heteroatoms. The molecule has 7 nitrogen and oxygen atoms in total. The Morgan fingerprint density at radius 2 is 1.49 bits per heavy atom. The standard InChI is InChI=1S/C30H26N2O5/c1-21-6-8-22(9-7-21)20-36-27-16-10-24(11-17-27)29(33)32-31-19-23-4-3-5-28(18-23)37-30(34)25-12-14-26(35-2)15-13-25/h3-19H,20H2,1-2H3,(H,32,33)/b31-19-. The van der Waals surface area contributed by atoms with Crippen LogP contribution in [-0.2, 0) is 6.61 Å². The highest BCUT2D eigenvalue weighted by Crippen LogP contribution is 2.17. The summed E-state index contributed by atoms with van der Waals surface area (Å²) in [5.74, 6) is 0.831. The molecule has 0 bridgehead atoms. The Morgan fingerprint density at radius 3 is 2.19 bits per heavy atom. The second kappa shape index (κ2) is 12.2. The van der Waals surface area contributed by atoms with E-state index < -0.39 is 5.97 Å². The zero-order valence-electron chi connectivity index (χ0n) is 20.5. The summed E-state index contributed by atoms with van der Waals surface area (Å²) in [7, 11) is 1.56. The molecule has 4 rings (SSSR count). The number of nitrogens with zero attached hydrogens (tertiary/aromatic N) is 1. The number of hydrazone groups is 1. The monoisotopic (exact) mass is 494 g/mol. The first-order valence-electron chi connectivity index (χ1n) is 11.6. The van der Waals surface area contributed by atoms with Gasteiger partial charge in [0.25, 0.3) is 5.91 Å². The summed E-state index contributed by atoms with van der Waals surface area (Å²) in [5, 5.41) is 4.01. The number of benzene rings is 4. The Hall–Kier alpha value is -4.91. The zero-order chi connectivity index (χ0) is 26.0. The fraction of sp³-hybridized carbons (Fsp3) is 0.100. The molecule has 0 unspecified atom stereocenters. The average molecular weight is 495 g/mol. The zero-order valence-corrected chi connectivity index (χ0v) is 20.5. The van der Waals surface area contributed by atoms with Gasteiger partial charge in [0.15, 0.2) is 0 Å². The van der Waals surface area contributed by atoms with E-state index in [4.69, 9.17) is 14.2 Å². The minimum Gasteiger partial charge on any atom is -0.497 e. The van der Waals surface area contributed by atoms with Gasteiger partial charge in [-0.2, -0.15) is 5.10 Å². The van der Waals surface area contributed by atoms with E-state index in [9.17, 15) is 9.59 Å². The molecule has 1 amide bonds. The molecule has 0 radical (unpaired) electrons. The van der Waals surface area contributed by atoms with E-state index in [2.05, 4.69) is 10.5 Å². The molecule has 37 heavy (non-hydrogen) atoms. The number of hydrogen-bond donors (Lipinski definition) is 1. The van der Waals surface area contributed by atoms with Gasteiger partial charge in [-0.3, -0.25) is 4.79 Å². The fourth-order valence-electron chi connectivity index (χ4n) is 3.33. The molecule has 1 N–H and O–H groups in total. The minimum atomic E-state index is -0.490. The molecule has 0 fully saturated rings. The van der Waals surface area contributed by atoms with Crippen LogP contribution in [0.3, 0.4) is 0 Å². The largest absolute Gasteiger partial charge is 0.497 e. The van der Waals surface area contributed by atoms with Crippen LogP contribution in [0.2, 0.25) is 0 Å². The van der Waals surface area contributed by atoms with Crippen molar-refractivity contribution in [3.05, 3.63) is 125 Å². The number of methoxy groups -OCH3 is 1. The number of hydrogen-bond acceptors (Lipinski definition) is 6. The number of carbonyl (C=O) groups excluding carboxylic acids is 2. The molecule has 186 valence electrons. The second-order valence-corrected chi connectivity index (χ2v) is 8.19. The summed E-state index contributed by atoms with van der Waals surface area (Å²) in [4.78, 5) is 24.8. The molecule has 0 aliphatic heterocycles. The van der Waals surface area contributed by atoms with Gasteiger partial charge in [-0.15, -0.1) is 0 Å². The average Bonchev–Trinajstić information content (AvgIpc) is 2.93. The number of aryl methyl sites for hydroxylation is 1. The maximum absolute atomic E-state index is 12.4. The van der Waals surface area contributed by atoms with Crippen molar-refractivity contribution >= 4 is 18.1 Å². The molecule has 4 aromatic carbocycles. The van der Waals surface area contributed by atoms with Gasteiger partial charge in [-0.25, -0.2) is 10.2 Å². The third-order valence-electron chi connectivity index (χ3n) is 5.42. The summed E-state index contributed by atoms with van der Waals surface area (Å²) in [6, 6.07) is 28.4. The first-order chi connectivity index (χ1) is 18.0. The number of carbonyl (C=O) groups is 2. The molecule has 0 aliphatic carbocycles. The van der Waals surface area contributed by atoms with Crippen LogP contribution in [0.4, 0.5) is 0 Å². The van der Waals surface area contributed by atoms with Crippen LogP contribution in [0.1, 0.15) is 37.4 Å². The van der Waals surface area contributed by atoms with Crippen molar-refractivity contribution in [1.82, 2.24) is 5.43 Å². The molecule has 0 saturated heterocycles. The maximum atomic E-state index is 12.4. The lowest BCUT2D eigenvalue weighted by Crippen LogP contribution is -2.17. The number of ether oxygens (including phenoxy) is 3. The van der Waals surface area contributed by atoms with Crippen molar-refractivity contribution in [2.45, 2.75) is 13.5 Å². The Kier molecular flexibility index (Phi) is 8.29. The number of amides is 1. The van der Waals surface area contributed by atoms with Crippen molar-refractivity contribution in [2.75, 3.05) is 7.11 Å². The van der Waals surface area contributed by atoms with Crippen molar-refractivity contribution in [3.63, 3.8) is 0 Å². The van der Waals surface area contributed by atoms with E-state index in [-0.39, 0.29) is 5.91 Å². The van der Waals surface area contributed by atoms with E-state index in [1.165, 1.54) is 11.8 Å². The van der Waals surface area contributed by atoms with Crippen molar-refractivity contribution in [3.8, 4) is 17.2 Å². The smallest absolute Gasteiger partial charge is 0.343 e. The summed E-state index contributed by atoms with van der Waals surface area (Å²) < 4.78 is 16.3. The van der Waals surface area contributed by atoms with Gasteiger partial charge >= 0.3 is 5.97 Å². The van der Waals surface area contributed by atoms with E-state index in [0.717, 1.165) is 5.56 Å². The molecular weight excluding hydrogens is 468 g/mol. The van der Waals surface area contributed by atoms with Gasteiger partial charge in [-0.1, -0.05) is 42.0 Å². The lowest BCUT2D eigenvalue weighted by atomic mass is 10.2. The predicted molar refractivity (Wildman–Crippen MR) is 141 cm³/mol. The van der Waals surface area contributed by atoms with Crippen LogP contribution in [0, 0.1) is 6.92 Å². The Bertz CT molecular complexity index is 1380. The molecule has 0 atom stereocenters. The predicted octanol–water partition coefficient (Wildman–Crippen LogP) is 5.57. The lowest BCUT2D eigenvalue weighted by molar-refractivity contribution is 0.0734. The first kappa shape index (κ1) is 25.2. The van der Waals surface area contributed by atoms with E-state index in [1.54, 1.807) is 79.9 Å². The Labute approximate surface area is 215 Å². The fourth-order valence-corrected chi connectivity index (χ4v) is 3.33. The molecule has 0 heterocycles. The first-order valence-corrected chi connectivity index (χ1v) is 11.6. The lowest BCUT2D eigenvalue weighted by Gasteiger charge is -2.07. The summed E-state index contributed by atoms with van der Waals surface area (Å²) >= 11 is 0. The maximum Gasteiger partial charge on any atom is 0.343 e. The van der Waals surface area contributed by atoms with E-state index >= 15 is 0 Å². The second-order valence-electron chi connectivity index (χ2n) is 8.19. The van der Waals surface area contributed by atoms with Crippen LogP contribution < -0.4 is 19.6 Å². The van der Waals surface area contributed by atoms with Crippen LogP contribution in [0.5, 0.6) is 17.2 Å². The number of esters is 1. The normalized spacial score (nSPS) is 10.6. The van der Waals surface area contributed by atoms with Crippen molar-refractivity contribution in [1.29, 1.82) is 0 Å². The van der Waals surface area contributed by atoms with Gasteiger partial charge in [0.05, 0.1) is 18.9 Å². The summed E-state index contributed by atoms with van der Waals surface area (Å²) in [6.07, 6.45) is 1.47. The number of rotatable bonds is 9. The van der Waals surface area contributed by atoms with Crippen molar-refractivity contribution in [2.24, 2.45) is 5.10 Å². The highest BCUT2D eigenvalue weighted by atomic mass is 16.5. The van der Waals surface area contributed by atoms with Gasteiger partial charge in [0.2, 0.25) is 0 Å². The third kappa shape index (κ3) is 7.29. The molecule has 4 aromatic rings. The SMILES string of the molecule is COc1ccc(C(=O)Oc2cccc(/C=N\NC(=O)c3ccc(OCc4ccc(C)cc4)cc3)c2)cc1. The highest BCUT2D eigenvalue weighted by Gasteiger charge is 2.09. The van der Waals surface area contributed by atoms with Crippen LogP contribution in [0.25, 0.3) is 0 Å². The van der Waals surface area contributed by atoms with E-state index in [0.29, 0.717) is 40.5 Å². The highest BCUT2D eigenvalue weighted by molar-refractivity contribution is 5.95. The molecular formula is C30H26N2O5. The topological polar surface area (TPSA) is 86.2 Å². The van der Waals surface area contributed by atoms with Crippen molar-refractivity contribution < 1.29 is 23.8 Å². The third-order valence-corrected chi connectivity index (χ3v) is 5.42. The van der Waals surface area contributed by atoms with Crippen LogP contribution >= 0.6 is 0 Å². The molecule has 0 spiro atoms. The Morgan fingerprint density at radius 1 is 0.811 bits per heavy atom. The number of nitrogens with one attached hydrogen (secondary N) is 1. The van der Waals surface area contributed by atoms with Gasteiger partial charge in [-0.05, 0) is 78.7 Å². The van der Waals surface area contributed by atoms with Gasteiger partial charge in [0.1, 0.15) is 23.9 Å². The molecule has 0 aromatic heterocycles. The summed E-state index contributed by atoms with van der Waals surface area (Å²) in [6.45, 7) is 2.49. The van der Waals surface area contributed by atoms with Gasteiger partial charge in [0, 0.05) is 5.56 Å². The molecule has 0 saturated carbocycles. The quantitative estimate of drug-likeness (QED) is 0.142. The van der Waals surface area contributed by atoms with Gasteiger partial charge < -0.3 is 14.2 Å². The van der Waals surface area contributed by atoms with Crippen LogP contribution in [-0.4, -0.2) is 25.2 Å². The molecule has 0 aliphatic rings. The van der Waals surface area contributed by atoms with Crippen LogP contribution in [0.15, 0.2) is 102 Å². The van der Waals surface area contributed by atoms with E-state index in [1.807, 2.05) is 31.2 Å². The summed E-state index contributed by atoms with van der Waals surface area (Å²) in [5.41, 5.74) is 6.27.